The summed E-state index contributed by atoms with van der Waals surface area (Å²) < 4.78 is 26.1. The Hall–Kier alpha value is -2.32. The van der Waals surface area contributed by atoms with Gasteiger partial charge >= 0.3 is 0 Å². The smallest absolute Gasteiger partial charge is 0.243 e. The van der Waals surface area contributed by atoms with E-state index < -0.39 is 15.9 Å². The Bertz CT molecular complexity index is 1090. The molecule has 0 atom stereocenters. The Kier molecular flexibility index (Phi) is 7.55. The number of rotatable bonds is 8. The van der Waals surface area contributed by atoms with Gasteiger partial charge in [-0.15, -0.1) is 11.8 Å². The number of thioether (sulfide) groups is 1. The van der Waals surface area contributed by atoms with Crippen LogP contribution < -0.4 is 5.32 Å². The molecule has 0 aliphatic rings. The molecule has 0 aliphatic carbocycles. The molecule has 3 rings (SSSR count). The van der Waals surface area contributed by atoms with Crippen molar-refractivity contribution in [3.63, 3.8) is 0 Å². The largest absolute Gasteiger partial charge is 0.325 e. The fourth-order valence-corrected chi connectivity index (χ4v) is 4.77. The Morgan fingerprint density at radius 1 is 0.967 bits per heavy atom. The third-order valence-electron chi connectivity index (χ3n) is 4.27. The van der Waals surface area contributed by atoms with Crippen molar-refractivity contribution in [3.05, 3.63) is 89.4 Å². The Labute approximate surface area is 186 Å². The van der Waals surface area contributed by atoms with E-state index in [9.17, 15) is 13.2 Å². The van der Waals surface area contributed by atoms with Gasteiger partial charge in [0, 0.05) is 28.4 Å². The monoisotopic (exact) mass is 460 g/mol. The highest BCUT2D eigenvalue weighted by atomic mass is 35.5. The summed E-state index contributed by atoms with van der Waals surface area (Å²) >= 11 is 7.54. The molecule has 5 nitrogen and oxygen atoms in total. The number of sulfonamides is 1. The van der Waals surface area contributed by atoms with E-state index >= 15 is 0 Å². The Morgan fingerprint density at radius 3 is 2.23 bits per heavy atom. The molecule has 0 spiro atoms. The second-order valence-electron chi connectivity index (χ2n) is 6.56. The van der Waals surface area contributed by atoms with Crippen molar-refractivity contribution in [1.82, 2.24) is 4.31 Å². The summed E-state index contributed by atoms with van der Waals surface area (Å²) in [4.78, 5) is 13.6. The van der Waals surface area contributed by atoms with Crippen LogP contribution in [0.2, 0.25) is 5.02 Å². The molecule has 8 heteroatoms. The van der Waals surface area contributed by atoms with Crippen molar-refractivity contribution < 1.29 is 13.2 Å². The average Bonchev–Trinajstić information content (AvgIpc) is 2.74. The molecule has 0 fully saturated rings. The minimum Gasteiger partial charge on any atom is -0.325 e. The number of amides is 1. The van der Waals surface area contributed by atoms with Crippen molar-refractivity contribution >= 4 is 45.0 Å². The van der Waals surface area contributed by atoms with E-state index in [4.69, 9.17) is 11.6 Å². The molecule has 3 aromatic carbocycles. The number of anilines is 1. The molecule has 3 aromatic rings. The number of carbonyl (C=O) groups excluding carboxylic acids is 1. The van der Waals surface area contributed by atoms with Gasteiger partial charge in [-0.1, -0.05) is 41.9 Å². The maximum Gasteiger partial charge on any atom is 0.243 e. The van der Waals surface area contributed by atoms with E-state index in [0.29, 0.717) is 10.7 Å². The second-order valence-corrected chi connectivity index (χ2v) is 10.1. The van der Waals surface area contributed by atoms with Crippen LogP contribution in [0.4, 0.5) is 5.69 Å². The third kappa shape index (κ3) is 6.09. The topological polar surface area (TPSA) is 66.5 Å². The molecule has 1 amide bonds. The van der Waals surface area contributed by atoms with Crippen molar-refractivity contribution in [1.29, 1.82) is 0 Å². The molecule has 0 aliphatic heterocycles. The number of halogens is 1. The average molecular weight is 461 g/mol. The highest BCUT2D eigenvalue weighted by Gasteiger charge is 2.22. The third-order valence-corrected chi connectivity index (χ3v) is 7.43. The van der Waals surface area contributed by atoms with E-state index in [1.54, 1.807) is 11.8 Å². The normalized spacial score (nSPS) is 11.4. The van der Waals surface area contributed by atoms with Gasteiger partial charge in [0.15, 0.2) is 0 Å². The summed E-state index contributed by atoms with van der Waals surface area (Å²) in [6.45, 7) is -0.295. The van der Waals surface area contributed by atoms with Gasteiger partial charge in [0.2, 0.25) is 15.9 Å². The van der Waals surface area contributed by atoms with Gasteiger partial charge in [0.05, 0.1) is 11.4 Å². The summed E-state index contributed by atoms with van der Waals surface area (Å²) in [5, 5.41) is 3.18. The summed E-state index contributed by atoms with van der Waals surface area (Å²) in [7, 11) is -2.40. The van der Waals surface area contributed by atoms with Crippen LogP contribution in [0.15, 0.2) is 88.7 Å². The molecule has 0 unspecified atom stereocenters. The van der Waals surface area contributed by atoms with Gasteiger partial charge in [0.25, 0.3) is 0 Å². The van der Waals surface area contributed by atoms with Crippen LogP contribution in [0.3, 0.4) is 0 Å². The van der Waals surface area contributed by atoms with E-state index in [1.807, 2.05) is 42.5 Å². The van der Waals surface area contributed by atoms with Crippen molar-refractivity contribution in [3.8, 4) is 0 Å². The lowest BCUT2D eigenvalue weighted by atomic mass is 10.2. The van der Waals surface area contributed by atoms with E-state index in [1.165, 1.54) is 36.2 Å². The molecule has 0 heterocycles. The van der Waals surface area contributed by atoms with Crippen LogP contribution in [-0.4, -0.2) is 32.2 Å². The second kappa shape index (κ2) is 10.1. The van der Waals surface area contributed by atoms with Gasteiger partial charge in [-0.05, 0) is 54.1 Å². The number of nitrogens with one attached hydrogen (secondary N) is 1. The predicted octanol–water partition coefficient (Wildman–Crippen LogP) is 4.89. The minimum absolute atomic E-state index is 0.0856. The molecule has 0 radical (unpaired) electrons. The Balaban J connectivity index is 1.54. The van der Waals surface area contributed by atoms with Crippen LogP contribution in [0, 0.1) is 0 Å². The van der Waals surface area contributed by atoms with Crippen LogP contribution in [0.5, 0.6) is 0 Å². The summed E-state index contributed by atoms with van der Waals surface area (Å²) in [5.74, 6) is 0.404. The van der Waals surface area contributed by atoms with Crippen molar-refractivity contribution in [2.45, 2.75) is 15.5 Å². The van der Waals surface area contributed by atoms with Gasteiger partial charge < -0.3 is 5.32 Å². The zero-order valence-corrected chi connectivity index (χ0v) is 18.7. The zero-order chi connectivity index (χ0) is 21.6. The van der Waals surface area contributed by atoms with Crippen molar-refractivity contribution in [2.24, 2.45) is 0 Å². The number of hydrogen-bond acceptors (Lipinski definition) is 4. The zero-order valence-electron chi connectivity index (χ0n) is 16.3. The highest BCUT2D eigenvalue weighted by molar-refractivity contribution is 7.98. The summed E-state index contributed by atoms with van der Waals surface area (Å²) in [6.07, 6.45) is 0. The van der Waals surface area contributed by atoms with Crippen LogP contribution >= 0.6 is 23.4 Å². The van der Waals surface area contributed by atoms with Crippen molar-refractivity contribution in [2.75, 3.05) is 18.9 Å². The van der Waals surface area contributed by atoms with Gasteiger partial charge in [-0.3, -0.25) is 4.79 Å². The maximum absolute atomic E-state index is 12.6. The Morgan fingerprint density at radius 2 is 1.60 bits per heavy atom. The SMILES string of the molecule is CN(CC(=O)Nc1ccc(CSc2ccccc2)cc1)S(=O)(=O)c1ccc(Cl)cc1. The van der Waals surface area contributed by atoms with Crippen LogP contribution in [0.1, 0.15) is 5.56 Å². The first-order valence-electron chi connectivity index (χ1n) is 9.13. The first-order valence-corrected chi connectivity index (χ1v) is 11.9. The molecule has 0 saturated carbocycles. The lowest BCUT2D eigenvalue weighted by Crippen LogP contribution is -2.34. The number of nitrogens with zero attached hydrogens (tertiary/aromatic N) is 1. The molecular formula is C22H21ClN2O3S2. The molecular weight excluding hydrogens is 440 g/mol. The lowest BCUT2D eigenvalue weighted by Gasteiger charge is -2.17. The van der Waals surface area contributed by atoms with Gasteiger partial charge in [-0.2, -0.15) is 4.31 Å². The summed E-state index contributed by atoms with van der Waals surface area (Å²) in [6, 6.07) is 23.5. The van der Waals surface area contributed by atoms with Gasteiger partial charge in [-0.25, -0.2) is 8.42 Å². The minimum atomic E-state index is -3.77. The number of hydrogen-bond donors (Lipinski definition) is 1. The van der Waals surface area contributed by atoms with Gasteiger partial charge in [0.1, 0.15) is 0 Å². The van der Waals surface area contributed by atoms with E-state index in [0.717, 1.165) is 15.6 Å². The molecule has 0 saturated heterocycles. The standard InChI is InChI=1S/C22H21ClN2O3S2/c1-25(30(27,28)21-13-9-18(23)10-14-21)15-22(26)24-19-11-7-17(8-12-19)16-29-20-5-3-2-4-6-20/h2-14H,15-16H2,1H3,(H,24,26). The van der Waals surface area contributed by atoms with E-state index in [-0.39, 0.29) is 11.4 Å². The first-order chi connectivity index (χ1) is 14.3. The molecule has 156 valence electrons. The molecule has 0 aromatic heterocycles. The fraction of sp³-hybridized carbons (Fsp3) is 0.136. The van der Waals surface area contributed by atoms with Crippen LogP contribution in [-0.2, 0) is 20.6 Å². The quantitative estimate of drug-likeness (QED) is 0.486. The fourth-order valence-electron chi connectivity index (χ4n) is 2.64. The maximum atomic E-state index is 12.6. The summed E-state index contributed by atoms with van der Waals surface area (Å²) in [5.41, 5.74) is 1.75. The first kappa shape index (κ1) is 22.4. The van der Waals surface area contributed by atoms with Crippen LogP contribution in [0.25, 0.3) is 0 Å². The molecule has 0 bridgehead atoms. The van der Waals surface area contributed by atoms with E-state index in [2.05, 4.69) is 17.4 Å². The molecule has 30 heavy (non-hydrogen) atoms. The number of benzene rings is 3. The predicted molar refractivity (Wildman–Crippen MR) is 122 cm³/mol. The lowest BCUT2D eigenvalue weighted by molar-refractivity contribution is -0.116. The number of likely N-dealkylation sites (N-methyl/N-ethyl adjacent to an activating group) is 1. The number of carbonyl (C=O) groups is 1. The highest BCUT2D eigenvalue weighted by Crippen LogP contribution is 2.23. The molecule has 1 N–H and O–H groups in total.